The summed E-state index contributed by atoms with van der Waals surface area (Å²) in [5.74, 6) is -1.29. The molecule has 0 bridgehead atoms. The first kappa shape index (κ1) is 19.6. The Balaban J connectivity index is 1.78. The van der Waals surface area contributed by atoms with Gasteiger partial charge in [0.05, 0.1) is 11.3 Å². The molecule has 1 N–H and O–H groups in total. The van der Waals surface area contributed by atoms with E-state index in [0.717, 1.165) is 22.4 Å². The Hall–Kier alpha value is -3.73. The molecule has 0 spiro atoms. The summed E-state index contributed by atoms with van der Waals surface area (Å²) < 4.78 is 13.4. The molecule has 3 aromatic rings. The fourth-order valence-corrected chi connectivity index (χ4v) is 3.43. The van der Waals surface area contributed by atoms with E-state index in [9.17, 15) is 14.0 Å². The van der Waals surface area contributed by atoms with Gasteiger partial charge < -0.3 is 5.32 Å². The predicted octanol–water partition coefficient (Wildman–Crippen LogP) is 5.09. The van der Waals surface area contributed by atoms with Crippen molar-refractivity contribution in [1.82, 2.24) is 0 Å². The van der Waals surface area contributed by atoms with Crippen molar-refractivity contribution in [3.8, 4) is 0 Å². The topological polar surface area (TPSA) is 49.4 Å². The third kappa shape index (κ3) is 3.62. The summed E-state index contributed by atoms with van der Waals surface area (Å²) in [6.45, 7) is 4.01. The van der Waals surface area contributed by atoms with Crippen LogP contribution in [-0.2, 0) is 16.0 Å². The molecule has 0 fully saturated rings. The molecule has 0 saturated heterocycles. The number of benzene rings is 3. The summed E-state index contributed by atoms with van der Waals surface area (Å²) in [6.07, 6.45) is 0.863. The fourth-order valence-electron chi connectivity index (χ4n) is 3.43. The lowest BCUT2D eigenvalue weighted by molar-refractivity contribution is -0.120. The van der Waals surface area contributed by atoms with Crippen LogP contribution in [0.5, 0.6) is 0 Å². The number of carbonyl (C=O) groups is 2. The quantitative estimate of drug-likeness (QED) is 0.607. The third-order valence-electron chi connectivity index (χ3n) is 5.14. The van der Waals surface area contributed by atoms with E-state index in [1.54, 1.807) is 12.1 Å². The Bertz CT molecular complexity index is 1130. The van der Waals surface area contributed by atoms with Crippen molar-refractivity contribution in [2.24, 2.45) is 0 Å². The molecule has 0 atom stereocenters. The summed E-state index contributed by atoms with van der Waals surface area (Å²) in [4.78, 5) is 27.8. The van der Waals surface area contributed by atoms with Crippen LogP contribution < -0.4 is 10.2 Å². The van der Waals surface area contributed by atoms with Crippen LogP contribution in [0.4, 0.5) is 15.8 Å². The average molecular weight is 400 g/mol. The van der Waals surface area contributed by atoms with Crippen LogP contribution in [0.15, 0.2) is 78.5 Å². The Kier molecular flexibility index (Phi) is 5.19. The molecule has 0 aliphatic carbocycles. The first-order chi connectivity index (χ1) is 14.5. The molecular weight excluding hydrogens is 379 g/mol. The van der Waals surface area contributed by atoms with Gasteiger partial charge >= 0.3 is 0 Å². The van der Waals surface area contributed by atoms with Gasteiger partial charge in [0.15, 0.2) is 0 Å². The summed E-state index contributed by atoms with van der Waals surface area (Å²) >= 11 is 0. The van der Waals surface area contributed by atoms with E-state index in [1.165, 1.54) is 24.3 Å². The first-order valence-corrected chi connectivity index (χ1v) is 9.79. The second-order valence-electron chi connectivity index (χ2n) is 7.21. The zero-order chi connectivity index (χ0) is 21.3. The number of hydrogen-bond acceptors (Lipinski definition) is 3. The average Bonchev–Trinajstić information content (AvgIpc) is 3.00. The SMILES string of the molecule is CCc1ccc(N2C(=O)C(Nc3ccc(C)cc3)=C(c3ccc(F)cc3)C2=O)cc1. The van der Waals surface area contributed by atoms with Crippen molar-refractivity contribution in [3.05, 3.63) is 101 Å². The fraction of sp³-hybridized carbons (Fsp3) is 0.120. The molecule has 30 heavy (non-hydrogen) atoms. The van der Waals surface area contributed by atoms with Gasteiger partial charge in [-0.3, -0.25) is 9.59 Å². The number of amides is 2. The van der Waals surface area contributed by atoms with Gasteiger partial charge in [-0.1, -0.05) is 48.9 Å². The number of rotatable bonds is 5. The highest BCUT2D eigenvalue weighted by Crippen LogP contribution is 2.34. The maximum Gasteiger partial charge on any atom is 0.282 e. The second-order valence-corrected chi connectivity index (χ2v) is 7.21. The van der Waals surface area contributed by atoms with Gasteiger partial charge in [0.25, 0.3) is 11.8 Å². The number of halogens is 1. The molecule has 5 heteroatoms. The Morgan fingerprint density at radius 1 is 0.833 bits per heavy atom. The Morgan fingerprint density at radius 3 is 2.07 bits per heavy atom. The summed E-state index contributed by atoms with van der Waals surface area (Å²) in [7, 11) is 0. The molecule has 1 aliphatic rings. The van der Waals surface area contributed by atoms with Gasteiger partial charge in [0, 0.05) is 5.69 Å². The van der Waals surface area contributed by atoms with E-state index >= 15 is 0 Å². The minimum absolute atomic E-state index is 0.176. The molecule has 1 heterocycles. The van der Waals surface area contributed by atoms with E-state index in [0.29, 0.717) is 16.9 Å². The second kappa shape index (κ2) is 7.95. The van der Waals surface area contributed by atoms with Gasteiger partial charge in [0.2, 0.25) is 0 Å². The van der Waals surface area contributed by atoms with Crippen molar-refractivity contribution in [1.29, 1.82) is 0 Å². The van der Waals surface area contributed by atoms with Crippen LogP contribution in [-0.4, -0.2) is 11.8 Å². The molecule has 150 valence electrons. The summed E-state index contributed by atoms with van der Waals surface area (Å²) in [5.41, 5.74) is 4.27. The molecule has 3 aromatic carbocycles. The maximum absolute atomic E-state index is 13.4. The number of nitrogens with one attached hydrogen (secondary N) is 1. The molecule has 2 amide bonds. The van der Waals surface area contributed by atoms with Crippen molar-refractivity contribution in [2.45, 2.75) is 20.3 Å². The normalized spacial score (nSPS) is 13.9. The molecular formula is C25H21FN2O2. The van der Waals surface area contributed by atoms with Gasteiger partial charge in [-0.15, -0.1) is 0 Å². The number of nitrogens with zero attached hydrogens (tertiary/aromatic N) is 1. The predicted molar refractivity (Wildman–Crippen MR) is 116 cm³/mol. The first-order valence-electron chi connectivity index (χ1n) is 9.79. The minimum Gasteiger partial charge on any atom is -0.350 e. The van der Waals surface area contributed by atoms with E-state index < -0.39 is 17.6 Å². The lowest BCUT2D eigenvalue weighted by Gasteiger charge is -2.16. The van der Waals surface area contributed by atoms with E-state index in [2.05, 4.69) is 5.32 Å². The Labute approximate surface area is 174 Å². The van der Waals surface area contributed by atoms with Gasteiger partial charge in [-0.2, -0.15) is 0 Å². The van der Waals surface area contributed by atoms with Crippen molar-refractivity contribution >= 4 is 28.8 Å². The van der Waals surface area contributed by atoms with Crippen molar-refractivity contribution in [2.75, 3.05) is 10.2 Å². The summed E-state index contributed by atoms with van der Waals surface area (Å²) in [5, 5.41) is 3.11. The van der Waals surface area contributed by atoms with Crippen molar-refractivity contribution < 1.29 is 14.0 Å². The molecule has 0 saturated carbocycles. The highest BCUT2D eigenvalue weighted by molar-refractivity contribution is 6.46. The minimum atomic E-state index is -0.441. The standard InChI is InChI=1S/C25H21FN2O2/c1-3-17-6-14-21(15-7-17)28-24(29)22(18-8-10-19(26)11-9-18)23(25(28)30)27-20-12-4-16(2)5-13-20/h4-15,27H,3H2,1-2H3. The van der Waals surface area contributed by atoms with Crippen LogP contribution in [0.1, 0.15) is 23.6 Å². The number of imide groups is 1. The number of aryl methyl sites for hydroxylation is 2. The molecule has 0 radical (unpaired) electrons. The van der Waals surface area contributed by atoms with E-state index in [-0.39, 0.29) is 11.3 Å². The van der Waals surface area contributed by atoms with Crippen LogP contribution in [0, 0.1) is 12.7 Å². The summed E-state index contributed by atoms with van der Waals surface area (Å²) in [6, 6.07) is 20.5. The Morgan fingerprint density at radius 2 is 1.47 bits per heavy atom. The highest BCUT2D eigenvalue weighted by Gasteiger charge is 2.40. The van der Waals surface area contributed by atoms with Crippen molar-refractivity contribution in [3.63, 3.8) is 0 Å². The van der Waals surface area contributed by atoms with Crippen LogP contribution in [0.25, 0.3) is 5.57 Å². The molecule has 4 nitrogen and oxygen atoms in total. The largest absolute Gasteiger partial charge is 0.350 e. The van der Waals surface area contributed by atoms with Gasteiger partial charge in [-0.05, 0) is 60.9 Å². The molecule has 4 rings (SSSR count). The third-order valence-corrected chi connectivity index (χ3v) is 5.14. The zero-order valence-corrected chi connectivity index (χ0v) is 16.8. The zero-order valence-electron chi connectivity index (χ0n) is 16.8. The van der Waals surface area contributed by atoms with Crippen LogP contribution in [0.2, 0.25) is 0 Å². The lowest BCUT2D eigenvalue weighted by atomic mass is 10.0. The molecule has 0 aromatic heterocycles. The number of carbonyl (C=O) groups excluding carboxylic acids is 2. The van der Waals surface area contributed by atoms with Gasteiger partial charge in [-0.25, -0.2) is 9.29 Å². The maximum atomic E-state index is 13.4. The van der Waals surface area contributed by atoms with Crippen LogP contribution in [0.3, 0.4) is 0 Å². The molecule has 0 unspecified atom stereocenters. The van der Waals surface area contributed by atoms with Crippen LogP contribution >= 0.6 is 0 Å². The number of anilines is 2. The van der Waals surface area contributed by atoms with E-state index in [1.807, 2.05) is 50.2 Å². The van der Waals surface area contributed by atoms with E-state index in [4.69, 9.17) is 0 Å². The lowest BCUT2D eigenvalue weighted by Crippen LogP contribution is -2.32. The molecule has 1 aliphatic heterocycles. The number of hydrogen-bond donors (Lipinski definition) is 1. The monoisotopic (exact) mass is 400 g/mol. The smallest absolute Gasteiger partial charge is 0.282 e. The van der Waals surface area contributed by atoms with Gasteiger partial charge in [0.1, 0.15) is 11.5 Å². The highest BCUT2D eigenvalue weighted by atomic mass is 19.1.